The Hall–Kier alpha value is -2.76. The van der Waals surface area contributed by atoms with Gasteiger partial charge < -0.3 is 4.98 Å². The lowest BCUT2D eigenvalue weighted by atomic mass is 9.83. The molecular formula is C20H12BrN3O5S2. The number of carbonyl (C=O) groups is 2. The van der Waals surface area contributed by atoms with Crippen molar-refractivity contribution in [2.24, 2.45) is 5.92 Å². The molecule has 3 aromatic rings. The van der Waals surface area contributed by atoms with E-state index < -0.39 is 27.9 Å². The van der Waals surface area contributed by atoms with Crippen LogP contribution in [0.15, 0.2) is 62.8 Å². The summed E-state index contributed by atoms with van der Waals surface area (Å²) < 4.78 is 0.827. The van der Waals surface area contributed by atoms with Gasteiger partial charge in [-0.25, -0.2) is 4.90 Å². The highest BCUT2D eigenvalue weighted by molar-refractivity contribution is 9.10. The summed E-state index contributed by atoms with van der Waals surface area (Å²) in [5.74, 6) is -1.93. The molecule has 1 fully saturated rings. The molecule has 3 heterocycles. The van der Waals surface area contributed by atoms with Crippen LogP contribution in [-0.4, -0.2) is 27.0 Å². The van der Waals surface area contributed by atoms with E-state index in [4.69, 9.17) is 0 Å². The van der Waals surface area contributed by atoms with Crippen LogP contribution in [0.1, 0.15) is 16.4 Å². The van der Waals surface area contributed by atoms with Crippen LogP contribution in [0.25, 0.3) is 0 Å². The Balaban J connectivity index is 1.62. The molecule has 1 N–H and O–H groups in total. The Morgan fingerprint density at radius 3 is 2.48 bits per heavy atom. The first-order valence-corrected chi connectivity index (χ1v) is 11.6. The lowest BCUT2D eigenvalue weighted by Gasteiger charge is -2.29. The quantitative estimate of drug-likeness (QED) is 0.320. The maximum absolute atomic E-state index is 13.5. The van der Waals surface area contributed by atoms with Gasteiger partial charge >= 0.3 is 4.87 Å². The molecule has 11 heteroatoms. The first kappa shape index (κ1) is 20.2. The Kier molecular flexibility index (Phi) is 4.83. The number of halogens is 1. The fraction of sp³-hybridized carbons (Fsp3) is 0.150. The van der Waals surface area contributed by atoms with E-state index in [-0.39, 0.29) is 16.5 Å². The number of nitrogens with zero attached hydrogens (tertiary/aromatic N) is 2. The molecule has 0 aliphatic carbocycles. The third-order valence-corrected chi connectivity index (χ3v) is 8.24. The second kappa shape index (κ2) is 7.43. The number of nitro groups is 1. The number of aromatic nitrogens is 1. The minimum atomic E-state index is -0.704. The summed E-state index contributed by atoms with van der Waals surface area (Å²) in [7, 11) is 0. The van der Waals surface area contributed by atoms with Crippen LogP contribution in [0.5, 0.6) is 0 Å². The number of aromatic amines is 1. The van der Waals surface area contributed by atoms with E-state index in [1.165, 1.54) is 36.0 Å². The first-order chi connectivity index (χ1) is 14.8. The van der Waals surface area contributed by atoms with Gasteiger partial charge in [-0.05, 0) is 29.8 Å². The number of benzene rings is 2. The summed E-state index contributed by atoms with van der Waals surface area (Å²) in [5, 5.41) is 10.8. The topological polar surface area (TPSA) is 113 Å². The first-order valence-electron chi connectivity index (χ1n) is 9.12. The molecule has 3 atom stereocenters. The van der Waals surface area contributed by atoms with Crippen molar-refractivity contribution >= 4 is 62.2 Å². The lowest BCUT2D eigenvalue weighted by molar-refractivity contribution is -0.384. The average Bonchev–Trinajstić information content (AvgIpc) is 3.23. The molecule has 5 rings (SSSR count). The number of hydrogen-bond acceptors (Lipinski definition) is 7. The van der Waals surface area contributed by atoms with Gasteiger partial charge in [0.15, 0.2) is 0 Å². The molecule has 31 heavy (non-hydrogen) atoms. The van der Waals surface area contributed by atoms with Gasteiger partial charge in [0.05, 0.1) is 21.6 Å². The molecule has 0 radical (unpaired) electrons. The maximum atomic E-state index is 13.5. The molecule has 2 aliphatic rings. The molecule has 1 saturated heterocycles. The van der Waals surface area contributed by atoms with Gasteiger partial charge in [-0.1, -0.05) is 51.2 Å². The van der Waals surface area contributed by atoms with E-state index in [2.05, 4.69) is 20.9 Å². The van der Waals surface area contributed by atoms with E-state index >= 15 is 0 Å². The summed E-state index contributed by atoms with van der Waals surface area (Å²) in [6.07, 6.45) is 0. The van der Waals surface area contributed by atoms with Crippen molar-refractivity contribution in [2.45, 2.75) is 16.2 Å². The molecular weight excluding hydrogens is 506 g/mol. The number of rotatable bonds is 3. The number of non-ortho nitro benzene ring substituents is 1. The maximum Gasteiger partial charge on any atom is 0.305 e. The molecule has 0 bridgehead atoms. The number of nitrogens with one attached hydrogen (secondary N) is 1. The highest BCUT2D eigenvalue weighted by Gasteiger charge is 2.56. The van der Waals surface area contributed by atoms with Crippen LogP contribution in [0.3, 0.4) is 0 Å². The number of fused-ring (bicyclic) bond motifs is 2. The standard InChI is InChI=1S/C20H12BrN3O5S2/c21-10-3-1-2-9(8-10)13-14-16(30-17-15(13)31-20(27)22-17)19(26)23(18(14)25)11-4-6-12(7-5-11)24(28)29/h1-8,13-14,16H,(H,22,27). The van der Waals surface area contributed by atoms with E-state index in [0.717, 1.165) is 31.2 Å². The SMILES string of the molecule is O=C1C2Sc3[nH]c(=O)sc3C(c3cccc(Br)c3)C2C(=O)N1c1ccc([N+](=O)[O-])cc1. The Morgan fingerprint density at radius 1 is 1.06 bits per heavy atom. The molecule has 0 spiro atoms. The van der Waals surface area contributed by atoms with Crippen molar-refractivity contribution in [1.29, 1.82) is 0 Å². The van der Waals surface area contributed by atoms with Crippen LogP contribution >= 0.6 is 39.0 Å². The Morgan fingerprint density at radius 2 is 1.81 bits per heavy atom. The number of carbonyl (C=O) groups excluding carboxylic acids is 2. The predicted molar refractivity (Wildman–Crippen MR) is 120 cm³/mol. The fourth-order valence-electron chi connectivity index (χ4n) is 4.05. The van der Waals surface area contributed by atoms with Gasteiger partial charge in [-0.15, -0.1) is 0 Å². The molecule has 156 valence electrons. The molecule has 8 nitrogen and oxygen atoms in total. The molecule has 2 aliphatic heterocycles. The molecule has 2 aromatic carbocycles. The third kappa shape index (κ3) is 3.24. The fourth-order valence-corrected chi connectivity index (χ4v) is 6.99. The zero-order chi connectivity index (χ0) is 21.9. The van der Waals surface area contributed by atoms with E-state index in [9.17, 15) is 24.5 Å². The van der Waals surface area contributed by atoms with Crippen LogP contribution < -0.4 is 9.77 Å². The Labute approximate surface area is 191 Å². The van der Waals surface area contributed by atoms with E-state index in [1.54, 1.807) is 0 Å². The van der Waals surface area contributed by atoms with Crippen LogP contribution in [0, 0.1) is 16.0 Å². The monoisotopic (exact) mass is 517 g/mol. The van der Waals surface area contributed by atoms with Crippen molar-refractivity contribution in [2.75, 3.05) is 4.90 Å². The number of anilines is 1. The van der Waals surface area contributed by atoms with Crippen molar-refractivity contribution in [1.82, 2.24) is 4.98 Å². The number of amides is 2. The summed E-state index contributed by atoms with van der Waals surface area (Å²) in [6.45, 7) is 0. The van der Waals surface area contributed by atoms with Crippen molar-refractivity contribution in [3.63, 3.8) is 0 Å². The van der Waals surface area contributed by atoms with Gasteiger partial charge in [0.1, 0.15) is 5.25 Å². The second-order valence-electron chi connectivity index (χ2n) is 7.09. The van der Waals surface area contributed by atoms with Crippen molar-refractivity contribution in [3.05, 3.63) is 83.2 Å². The Bertz CT molecular complexity index is 1300. The number of thiazole rings is 1. The lowest BCUT2D eigenvalue weighted by Crippen LogP contribution is -2.32. The number of nitro benzene ring substituents is 1. The number of hydrogen-bond donors (Lipinski definition) is 1. The summed E-state index contributed by atoms with van der Waals surface area (Å²) >= 11 is 5.69. The largest absolute Gasteiger partial charge is 0.307 e. The molecule has 2 amide bonds. The van der Waals surface area contributed by atoms with Gasteiger partial charge in [0.2, 0.25) is 11.8 Å². The summed E-state index contributed by atoms with van der Waals surface area (Å²) in [4.78, 5) is 53.7. The van der Waals surface area contributed by atoms with E-state index in [0.29, 0.717) is 10.7 Å². The van der Waals surface area contributed by atoms with Gasteiger partial charge in [0, 0.05) is 27.4 Å². The highest BCUT2D eigenvalue weighted by atomic mass is 79.9. The van der Waals surface area contributed by atoms with Crippen LogP contribution in [0.4, 0.5) is 11.4 Å². The minimum Gasteiger partial charge on any atom is -0.307 e. The number of imide groups is 1. The summed E-state index contributed by atoms with van der Waals surface area (Å²) in [5.41, 5.74) is 0.995. The van der Waals surface area contributed by atoms with Crippen molar-refractivity contribution in [3.8, 4) is 0 Å². The number of H-pyrrole nitrogens is 1. The van der Waals surface area contributed by atoms with Gasteiger partial charge in [-0.2, -0.15) is 0 Å². The van der Waals surface area contributed by atoms with E-state index in [1.807, 2.05) is 24.3 Å². The second-order valence-corrected chi connectivity index (χ2v) is 10.2. The zero-order valence-corrected chi connectivity index (χ0v) is 18.7. The van der Waals surface area contributed by atoms with Gasteiger partial charge in [-0.3, -0.25) is 24.5 Å². The zero-order valence-electron chi connectivity index (χ0n) is 15.5. The number of thioether (sulfide) groups is 1. The molecule has 0 saturated carbocycles. The highest BCUT2D eigenvalue weighted by Crippen LogP contribution is 2.53. The predicted octanol–water partition coefficient (Wildman–Crippen LogP) is 3.90. The minimum absolute atomic E-state index is 0.124. The van der Waals surface area contributed by atoms with Crippen LogP contribution in [0.2, 0.25) is 0 Å². The normalized spacial score (nSPS) is 22.4. The summed E-state index contributed by atoms with van der Waals surface area (Å²) in [6, 6.07) is 12.8. The smallest absolute Gasteiger partial charge is 0.305 e. The van der Waals surface area contributed by atoms with Gasteiger partial charge in [0.25, 0.3) is 5.69 Å². The average molecular weight is 518 g/mol. The van der Waals surface area contributed by atoms with Crippen LogP contribution in [-0.2, 0) is 9.59 Å². The van der Waals surface area contributed by atoms with Crippen molar-refractivity contribution < 1.29 is 14.5 Å². The molecule has 3 unspecified atom stereocenters. The molecule has 1 aromatic heterocycles. The third-order valence-electron chi connectivity index (χ3n) is 5.35.